The van der Waals surface area contributed by atoms with E-state index in [-0.39, 0.29) is 31.5 Å². The van der Waals surface area contributed by atoms with E-state index >= 15 is 0 Å². The molecular formula is C23H28F4N4O3S. The summed E-state index contributed by atoms with van der Waals surface area (Å²) in [6.07, 6.45) is -4.45. The highest BCUT2D eigenvalue weighted by molar-refractivity contribution is 7.89. The van der Waals surface area contributed by atoms with Crippen LogP contribution in [0.3, 0.4) is 0 Å². The standard InChI is InChI=1S/C23H28F4N4O3S/c1-30(2)14-11-28-17-7-8-18(20(24)15-17)22(32)31-12-9-16(10-13-31)29-35(33,34)21-6-4-3-5-19(21)23(25,26)27/h3-8,15-16,28-29H,9-14H2,1-2H3. The van der Waals surface area contributed by atoms with Crippen LogP contribution in [0.2, 0.25) is 0 Å². The lowest BCUT2D eigenvalue weighted by molar-refractivity contribution is -0.139. The first-order valence-corrected chi connectivity index (χ1v) is 12.5. The molecule has 1 heterocycles. The van der Waals surface area contributed by atoms with Crippen LogP contribution < -0.4 is 10.0 Å². The maximum atomic E-state index is 14.6. The van der Waals surface area contributed by atoms with Crippen molar-refractivity contribution in [1.29, 1.82) is 0 Å². The molecule has 0 spiro atoms. The van der Waals surface area contributed by atoms with Gasteiger partial charge < -0.3 is 15.1 Å². The zero-order valence-electron chi connectivity index (χ0n) is 19.4. The average Bonchev–Trinajstić information content (AvgIpc) is 2.78. The summed E-state index contributed by atoms with van der Waals surface area (Å²) in [5, 5.41) is 3.07. The molecule has 0 atom stereocenters. The Balaban J connectivity index is 1.61. The van der Waals surface area contributed by atoms with Crippen molar-refractivity contribution in [3.63, 3.8) is 0 Å². The Bertz CT molecular complexity index is 1150. The Morgan fingerprint density at radius 1 is 1.11 bits per heavy atom. The van der Waals surface area contributed by atoms with E-state index in [1.54, 1.807) is 6.07 Å². The van der Waals surface area contributed by atoms with E-state index in [9.17, 15) is 30.8 Å². The van der Waals surface area contributed by atoms with Crippen LogP contribution in [0.4, 0.5) is 23.2 Å². The van der Waals surface area contributed by atoms with E-state index in [4.69, 9.17) is 0 Å². The van der Waals surface area contributed by atoms with Crippen molar-refractivity contribution in [1.82, 2.24) is 14.5 Å². The van der Waals surface area contributed by atoms with Gasteiger partial charge in [0.25, 0.3) is 5.91 Å². The first kappa shape index (κ1) is 26.9. The minimum atomic E-state index is -4.82. The van der Waals surface area contributed by atoms with Crippen molar-refractivity contribution in [2.45, 2.75) is 30.0 Å². The van der Waals surface area contributed by atoms with Gasteiger partial charge in [-0.15, -0.1) is 0 Å². The number of anilines is 1. The Morgan fingerprint density at radius 3 is 2.37 bits per heavy atom. The molecule has 3 rings (SSSR count). The van der Waals surface area contributed by atoms with Crippen molar-refractivity contribution < 1.29 is 30.8 Å². The Morgan fingerprint density at radius 2 is 1.77 bits per heavy atom. The normalized spacial score (nSPS) is 15.5. The third kappa shape index (κ3) is 6.92. The van der Waals surface area contributed by atoms with Crippen LogP contribution in [-0.4, -0.2) is 70.4 Å². The highest BCUT2D eigenvalue weighted by atomic mass is 32.2. The van der Waals surface area contributed by atoms with E-state index in [0.29, 0.717) is 18.3 Å². The molecule has 12 heteroatoms. The molecule has 0 radical (unpaired) electrons. The molecule has 1 saturated heterocycles. The van der Waals surface area contributed by atoms with Crippen molar-refractivity contribution >= 4 is 21.6 Å². The number of nitrogens with one attached hydrogen (secondary N) is 2. The number of hydrogen-bond donors (Lipinski definition) is 2. The molecule has 0 aromatic heterocycles. The number of carbonyl (C=O) groups excluding carboxylic acids is 1. The zero-order chi connectivity index (χ0) is 25.8. The summed E-state index contributed by atoms with van der Waals surface area (Å²) < 4.78 is 81.9. The summed E-state index contributed by atoms with van der Waals surface area (Å²) in [7, 11) is -0.599. The highest BCUT2D eigenvalue weighted by Crippen LogP contribution is 2.34. The van der Waals surface area contributed by atoms with Crippen LogP contribution in [-0.2, 0) is 16.2 Å². The van der Waals surface area contributed by atoms with E-state index in [1.807, 2.05) is 19.0 Å². The summed E-state index contributed by atoms with van der Waals surface area (Å²) in [5.74, 6) is -1.19. The number of nitrogens with zero attached hydrogens (tertiary/aromatic N) is 2. The minimum Gasteiger partial charge on any atom is -0.384 e. The molecule has 7 nitrogen and oxygen atoms in total. The van der Waals surface area contributed by atoms with Gasteiger partial charge in [0.1, 0.15) is 5.82 Å². The van der Waals surface area contributed by atoms with Gasteiger partial charge in [-0.3, -0.25) is 4.79 Å². The maximum Gasteiger partial charge on any atom is 0.417 e. The van der Waals surface area contributed by atoms with Crippen molar-refractivity contribution in [3.05, 3.63) is 59.4 Å². The second-order valence-corrected chi connectivity index (χ2v) is 10.3. The molecule has 35 heavy (non-hydrogen) atoms. The van der Waals surface area contributed by atoms with Gasteiger partial charge >= 0.3 is 6.18 Å². The lowest BCUT2D eigenvalue weighted by atomic mass is 10.0. The molecule has 0 bridgehead atoms. The van der Waals surface area contributed by atoms with Gasteiger partial charge in [-0.1, -0.05) is 12.1 Å². The molecule has 1 fully saturated rings. The third-order valence-corrected chi connectivity index (χ3v) is 7.25. The summed E-state index contributed by atoms with van der Waals surface area (Å²) in [6.45, 7) is 1.63. The molecular weight excluding hydrogens is 488 g/mol. The zero-order valence-corrected chi connectivity index (χ0v) is 20.2. The second-order valence-electron chi connectivity index (χ2n) is 8.61. The summed E-state index contributed by atoms with van der Waals surface area (Å²) in [4.78, 5) is 15.3. The fourth-order valence-electron chi connectivity index (χ4n) is 3.81. The molecule has 1 aliphatic rings. The molecule has 2 aromatic carbocycles. The van der Waals surface area contributed by atoms with Crippen LogP contribution >= 0.6 is 0 Å². The second kappa shape index (κ2) is 10.9. The number of halogens is 4. The van der Waals surface area contributed by atoms with Gasteiger partial charge in [0.2, 0.25) is 10.0 Å². The van der Waals surface area contributed by atoms with Gasteiger partial charge in [-0.05, 0) is 57.3 Å². The Labute approximate surface area is 202 Å². The van der Waals surface area contributed by atoms with E-state index in [2.05, 4.69) is 10.0 Å². The van der Waals surface area contributed by atoms with E-state index < -0.39 is 44.4 Å². The van der Waals surface area contributed by atoms with E-state index in [1.165, 1.54) is 23.1 Å². The monoisotopic (exact) mass is 516 g/mol. The topological polar surface area (TPSA) is 81.8 Å². The van der Waals surface area contributed by atoms with Crippen molar-refractivity contribution in [2.24, 2.45) is 0 Å². The fourth-order valence-corrected chi connectivity index (χ4v) is 5.34. The molecule has 1 aliphatic heterocycles. The molecule has 0 aliphatic carbocycles. The van der Waals surface area contributed by atoms with Crippen LogP contribution in [0.1, 0.15) is 28.8 Å². The summed E-state index contributed by atoms with van der Waals surface area (Å²) in [6, 6.07) is 7.59. The molecule has 2 aromatic rings. The Kier molecular flexibility index (Phi) is 8.39. The molecule has 0 saturated carbocycles. The summed E-state index contributed by atoms with van der Waals surface area (Å²) in [5.41, 5.74) is -0.787. The number of sulfonamides is 1. The number of likely N-dealkylation sites (tertiary alicyclic amines) is 1. The lowest BCUT2D eigenvalue weighted by Crippen LogP contribution is -2.46. The number of hydrogen-bond acceptors (Lipinski definition) is 5. The quantitative estimate of drug-likeness (QED) is 0.526. The predicted molar refractivity (Wildman–Crippen MR) is 124 cm³/mol. The van der Waals surface area contributed by atoms with Crippen LogP contribution in [0.15, 0.2) is 47.4 Å². The summed E-state index contributed by atoms with van der Waals surface area (Å²) >= 11 is 0. The van der Waals surface area contributed by atoms with Crippen molar-refractivity contribution in [2.75, 3.05) is 45.6 Å². The van der Waals surface area contributed by atoms with Gasteiger partial charge in [-0.25, -0.2) is 17.5 Å². The number of alkyl halides is 3. The number of piperidine rings is 1. The lowest BCUT2D eigenvalue weighted by Gasteiger charge is -2.32. The van der Waals surface area contributed by atoms with Gasteiger partial charge in [0.15, 0.2) is 0 Å². The number of amides is 1. The molecule has 0 unspecified atom stereocenters. The largest absolute Gasteiger partial charge is 0.417 e. The number of likely N-dealkylation sites (N-methyl/N-ethyl adjacent to an activating group) is 1. The smallest absolute Gasteiger partial charge is 0.384 e. The number of rotatable bonds is 8. The van der Waals surface area contributed by atoms with Crippen LogP contribution in [0, 0.1) is 5.82 Å². The predicted octanol–water partition coefficient (Wildman–Crippen LogP) is 3.40. The van der Waals surface area contributed by atoms with Gasteiger partial charge in [0, 0.05) is 37.9 Å². The maximum absolute atomic E-state index is 14.6. The van der Waals surface area contributed by atoms with Gasteiger partial charge in [-0.2, -0.15) is 13.2 Å². The SMILES string of the molecule is CN(C)CCNc1ccc(C(=O)N2CCC(NS(=O)(=O)c3ccccc3C(F)(F)F)CC2)c(F)c1. The molecule has 1 amide bonds. The van der Waals surface area contributed by atoms with Crippen LogP contribution in [0.5, 0.6) is 0 Å². The Hall–Kier alpha value is -2.70. The first-order chi connectivity index (χ1) is 16.4. The highest BCUT2D eigenvalue weighted by Gasteiger charge is 2.38. The minimum absolute atomic E-state index is 0.0960. The fraction of sp³-hybridized carbons (Fsp3) is 0.435. The third-order valence-electron chi connectivity index (χ3n) is 5.67. The average molecular weight is 517 g/mol. The number of benzene rings is 2. The molecule has 192 valence electrons. The van der Waals surface area contributed by atoms with Crippen LogP contribution in [0.25, 0.3) is 0 Å². The van der Waals surface area contributed by atoms with Gasteiger partial charge in [0.05, 0.1) is 16.0 Å². The molecule has 2 N–H and O–H groups in total. The first-order valence-electron chi connectivity index (χ1n) is 11.0. The van der Waals surface area contributed by atoms with E-state index in [0.717, 1.165) is 18.7 Å². The number of carbonyl (C=O) groups is 1. The van der Waals surface area contributed by atoms with Crippen molar-refractivity contribution in [3.8, 4) is 0 Å².